The SMILES string of the molecule is CC/C=C/CC/C=C/CC/C=C/C(O)C(COC1OC(CO)C(O)C(O)C1O)NC(=O)CCCCCCCCCCCCCCCCC. The maximum atomic E-state index is 12.8. The van der Waals surface area contributed by atoms with E-state index in [1.165, 1.54) is 77.0 Å². The lowest BCUT2D eigenvalue weighted by Crippen LogP contribution is -2.60. The summed E-state index contributed by atoms with van der Waals surface area (Å²) in [4.78, 5) is 12.8. The van der Waals surface area contributed by atoms with E-state index in [0.29, 0.717) is 6.42 Å². The van der Waals surface area contributed by atoms with Crippen LogP contribution in [0.25, 0.3) is 0 Å². The van der Waals surface area contributed by atoms with Gasteiger partial charge in [0.1, 0.15) is 24.4 Å². The van der Waals surface area contributed by atoms with Gasteiger partial charge in [0.2, 0.25) is 5.91 Å². The average Bonchev–Trinajstić information content (AvgIpc) is 3.08. The van der Waals surface area contributed by atoms with Gasteiger partial charge < -0.3 is 40.3 Å². The lowest BCUT2D eigenvalue weighted by atomic mass is 9.99. The van der Waals surface area contributed by atoms with E-state index in [-0.39, 0.29) is 12.5 Å². The maximum Gasteiger partial charge on any atom is 0.220 e. The third-order valence-corrected chi connectivity index (χ3v) is 8.96. The van der Waals surface area contributed by atoms with E-state index in [9.17, 15) is 30.3 Å². The zero-order chi connectivity index (χ0) is 35.2. The Balaban J connectivity index is 2.44. The Bertz CT molecular complexity index is 848. The van der Waals surface area contributed by atoms with Crippen LogP contribution in [0.2, 0.25) is 0 Å². The molecule has 48 heavy (non-hydrogen) atoms. The normalized spacial score (nSPS) is 23.0. The Kier molecular flexibility index (Phi) is 28.0. The summed E-state index contributed by atoms with van der Waals surface area (Å²) in [6.45, 7) is 3.60. The molecule has 0 radical (unpaired) electrons. The van der Waals surface area contributed by atoms with Crippen molar-refractivity contribution in [3.63, 3.8) is 0 Å². The van der Waals surface area contributed by atoms with Crippen molar-refractivity contribution < 1.29 is 39.8 Å². The van der Waals surface area contributed by atoms with Crippen molar-refractivity contribution in [3.8, 4) is 0 Å². The molecule has 0 aliphatic carbocycles. The summed E-state index contributed by atoms with van der Waals surface area (Å²) in [7, 11) is 0. The Hall–Kier alpha value is -1.59. The highest BCUT2D eigenvalue weighted by Crippen LogP contribution is 2.22. The number of aliphatic hydroxyl groups excluding tert-OH is 5. The van der Waals surface area contributed by atoms with Crippen LogP contribution in [0, 0.1) is 0 Å². The second-order valence-electron chi connectivity index (χ2n) is 13.3. The van der Waals surface area contributed by atoms with Crippen LogP contribution in [-0.2, 0) is 14.3 Å². The fraction of sp³-hybridized carbons (Fsp3) is 0.821. The first kappa shape index (κ1) is 44.4. The van der Waals surface area contributed by atoms with Crippen LogP contribution in [0.5, 0.6) is 0 Å². The second-order valence-corrected chi connectivity index (χ2v) is 13.3. The highest BCUT2D eigenvalue weighted by molar-refractivity contribution is 5.76. The molecule has 6 N–H and O–H groups in total. The predicted octanol–water partition coefficient (Wildman–Crippen LogP) is 6.55. The van der Waals surface area contributed by atoms with Crippen LogP contribution < -0.4 is 5.32 Å². The summed E-state index contributed by atoms with van der Waals surface area (Å²) >= 11 is 0. The Morgan fingerprint density at radius 3 is 1.73 bits per heavy atom. The van der Waals surface area contributed by atoms with Gasteiger partial charge in [0, 0.05) is 6.42 Å². The van der Waals surface area contributed by atoms with Crippen molar-refractivity contribution >= 4 is 5.91 Å². The molecule has 9 nitrogen and oxygen atoms in total. The van der Waals surface area contributed by atoms with Crippen molar-refractivity contribution in [3.05, 3.63) is 36.5 Å². The van der Waals surface area contributed by atoms with Gasteiger partial charge in [-0.05, 0) is 38.5 Å². The average molecular weight is 682 g/mol. The molecular formula is C39H71NO8. The van der Waals surface area contributed by atoms with Gasteiger partial charge in [-0.1, -0.05) is 140 Å². The standard InChI is InChI=1S/C39H71NO8/c1-3-5-7-9-11-13-15-16-17-18-19-21-23-25-27-29-35(43)40-32(31-47-39-38(46)37(45)36(44)34(30-41)48-39)33(42)28-26-24-22-20-14-12-10-8-6-4-2/h6,8,14,20,26,28,32-34,36-39,41-42,44-46H,3-5,7,9-13,15-19,21-25,27,29-31H2,1-2H3,(H,40,43)/b8-6+,20-14+,28-26+. The number of aliphatic hydroxyl groups is 5. The number of allylic oxidation sites excluding steroid dienone is 5. The molecule has 1 aliphatic rings. The van der Waals surface area contributed by atoms with E-state index in [2.05, 4.69) is 43.5 Å². The van der Waals surface area contributed by atoms with Gasteiger partial charge in [0.15, 0.2) is 6.29 Å². The molecule has 0 saturated carbocycles. The largest absolute Gasteiger partial charge is 0.394 e. The summed E-state index contributed by atoms with van der Waals surface area (Å²) in [5.41, 5.74) is 0. The first-order valence-electron chi connectivity index (χ1n) is 19.2. The first-order valence-corrected chi connectivity index (χ1v) is 19.2. The van der Waals surface area contributed by atoms with Gasteiger partial charge in [-0.15, -0.1) is 0 Å². The maximum absolute atomic E-state index is 12.8. The number of amides is 1. The molecule has 1 heterocycles. The molecule has 0 aromatic rings. The van der Waals surface area contributed by atoms with Crippen LogP contribution in [0.15, 0.2) is 36.5 Å². The summed E-state index contributed by atoms with van der Waals surface area (Å²) in [5, 5.41) is 53.8. The monoisotopic (exact) mass is 682 g/mol. The molecule has 1 rings (SSSR count). The van der Waals surface area contributed by atoms with Gasteiger partial charge in [-0.2, -0.15) is 0 Å². The highest BCUT2D eigenvalue weighted by Gasteiger charge is 2.44. The first-order chi connectivity index (χ1) is 23.3. The summed E-state index contributed by atoms with van der Waals surface area (Å²) in [5.74, 6) is -0.195. The summed E-state index contributed by atoms with van der Waals surface area (Å²) < 4.78 is 11.1. The molecule has 1 amide bonds. The predicted molar refractivity (Wildman–Crippen MR) is 193 cm³/mol. The number of hydrogen-bond donors (Lipinski definition) is 6. The molecule has 7 atom stereocenters. The Morgan fingerprint density at radius 1 is 0.708 bits per heavy atom. The van der Waals surface area contributed by atoms with Gasteiger partial charge in [0.05, 0.1) is 25.4 Å². The number of carbonyl (C=O) groups is 1. The van der Waals surface area contributed by atoms with Crippen LogP contribution in [-0.4, -0.2) is 87.5 Å². The summed E-state index contributed by atoms with van der Waals surface area (Å²) in [6.07, 6.45) is 27.7. The van der Waals surface area contributed by atoms with Crippen LogP contribution in [0.1, 0.15) is 149 Å². The molecule has 0 aromatic heterocycles. The van der Waals surface area contributed by atoms with Crippen molar-refractivity contribution in [1.29, 1.82) is 0 Å². The quantitative estimate of drug-likeness (QED) is 0.0370. The van der Waals surface area contributed by atoms with Crippen LogP contribution >= 0.6 is 0 Å². The Labute approximate surface area is 291 Å². The van der Waals surface area contributed by atoms with Crippen molar-refractivity contribution in [2.75, 3.05) is 13.2 Å². The lowest BCUT2D eigenvalue weighted by Gasteiger charge is -2.40. The third kappa shape index (κ3) is 21.5. The minimum atomic E-state index is -1.57. The van der Waals surface area contributed by atoms with Crippen molar-refractivity contribution in [2.45, 2.75) is 192 Å². The molecule has 1 fully saturated rings. The van der Waals surface area contributed by atoms with Crippen molar-refractivity contribution in [2.24, 2.45) is 0 Å². The smallest absolute Gasteiger partial charge is 0.220 e. The zero-order valence-electron chi connectivity index (χ0n) is 30.2. The van der Waals surface area contributed by atoms with E-state index < -0.39 is 49.5 Å². The minimum absolute atomic E-state index is 0.195. The number of hydrogen-bond acceptors (Lipinski definition) is 8. The topological polar surface area (TPSA) is 149 Å². The number of rotatable bonds is 30. The fourth-order valence-corrected chi connectivity index (χ4v) is 5.84. The second kappa shape index (κ2) is 30.3. The van der Waals surface area contributed by atoms with Crippen LogP contribution in [0.4, 0.5) is 0 Å². The van der Waals surface area contributed by atoms with Crippen molar-refractivity contribution in [1.82, 2.24) is 5.32 Å². The molecule has 280 valence electrons. The minimum Gasteiger partial charge on any atom is -0.394 e. The highest BCUT2D eigenvalue weighted by atomic mass is 16.7. The lowest BCUT2D eigenvalue weighted by molar-refractivity contribution is -0.302. The van der Waals surface area contributed by atoms with E-state index in [0.717, 1.165) is 51.4 Å². The molecule has 0 bridgehead atoms. The molecule has 0 aromatic carbocycles. The van der Waals surface area contributed by atoms with Gasteiger partial charge >= 0.3 is 0 Å². The third-order valence-electron chi connectivity index (χ3n) is 8.96. The van der Waals surface area contributed by atoms with Gasteiger partial charge in [-0.3, -0.25) is 4.79 Å². The fourth-order valence-electron chi connectivity index (χ4n) is 5.84. The number of unbranched alkanes of at least 4 members (excludes halogenated alkanes) is 16. The molecule has 1 aliphatic heterocycles. The van der Waals surface area contributed by atoms with Crippen LogP contribution in [0.3, 0.4) is 0 Å². The number of nitrogens with one attached hydrogen (secondary N) is 1. The van der Waals surface area contributed by atoms with Gasteiger partial charge in [-0.25, -0.2) is 0 Å². The summed E-state index contributed by atoms with van der Waals surface area (Å²) in [6, 6.07) is -0.821. The van der Waals surface area contributed by atoms with E-state index in [1.54, 1.807) is 6.08 Å². The molecule has 7 unspecified atom stereocenters. The van der Waals surface area contributed by atoms with E-state index in [1.807, 2.05) is 6.08 Å². The van der Waals surface area contributed by atoms with Gasteiger partial charge in [0.25, 0.3) is 0 Å². The number of carbonyl (C=O) groups excluding carboxylic acids is 1. The number of ether oxygens (including phenoxy) is 2. The zero-order valence-corrected chi connectivity index (χ0v) is 30.2. The molecule has 9 heteroatoms. The van der Waals surface area contributed by atoms with E-state index >= 15 is 0 Å². The molecule has 0 spiro atoms. The van der Waals surface area contributed by atoms with E-state index in [4.69, 9.17) is 9.47 Å². The Morgan fingerprint density at radius 2 is 1.21 bits per heavy atom. The molecular weight excluding hydrogens is 610 g/mol. The molecule has 1 saturated heterocycles.